The molecule has 0 fully saturated rings. The van der Waals surface area contributed by atoms with Crippen LogP contribution < -0.4 is 5.32 Å². The average Bonchev–Trinajstić information content (AvgIpc) is 2.52. The number of hydrogen-bond donors (Lipinski definition) is 1. The lowest BCUT2D eigenvalue weighted by atomic mass is 9.95. The largest absolute Gasteiger partial charge is 0.372 e. The van der Waals surface area contributed by atoms with Crippen LogP contribution in [0.2, 0.25) is 0 Å². The Bertz CT molecular complexity index is 833. The predicted octanol–water partition coefficient (Wildman–Crippen LogP) is 3.81. The standard InChI is InChI=1S/C17H20N2O4S/c1-12(2)17(13-7-5-4-6-8-13)18-15-10-9-14(24(3,22)23)11-16(15)19(20)21/h4-12,17-18H,1-3H3. The van der Waals surface area contributed by atoms with Gasteiger partial charge in [0.2, 0.25) is 0 Å². The molecule has 0 aromatic heterocycles. The normalized spacial score (nSPS) is 12.8. The molecule has 7 heteroatoms. The van der Waals surface area contributed by atoms with Gasteiger partial charge in [0.05, 0.1) is 15.9 Å². The number of rotatable bonds is 6. The van der Waals surface area contributed by atoms with Crippen molar-refractivity contribution < 1.29 is 13.3 Å². The van der Waals surface area contributed by atoms with Gasteiger partial charge in [0.25, 0.3) is 5.69 Å². The smallest absolute Gasteiger partial charge is 0.293 e. The summed E-state index contributed by atoms with van der Waals surface area (Å²) in [7, 11) is -3.50. The number of nitrogens with one attached hydrogen (secondary N) is 1. The van der Waals surface area contributed by atoms with E-state index in [1.54, 1.807) is 0 Å². The molecule has 1 atom stereocenters. The maximum absolute atomic E-state index is 11.6. The highest BCUT2D eigenvalue weighted by molar-refractivity contribution is 7.90. The van der Waals surface area contributed by atoms with Gasteiger partial charge >= 0.3 is 0 Å². The van der Waals surface area contributed by atoms with Gasteiger partial charge in [-0.3, -0.25) is 10.1 Å². The molecule has 0 aliphatic heterocycles. The van der Waals surface area contributed by atoms with Gasteiger partial charge in [0, 0.05) is 12.3 Å². The second-order valence-electron chi connectivity index (χ2n) is 5.98. The summed E-state index contributed by atoms with van der Waals surface area (Å²) in [6.45, 7) is 4.03. The fourth-order valence-electron chi connectivity index (χ4n) is 2.48. The van der Waals surface area contributed by atoms with Gasteiger partial charge in [0.15, 0.2) is 9.84 Å². The third-order valence-electron chi connectivity index (χ3n) is 3.73. The lowest BCUT2D eigenvalue weighted by Gasteiger charge is -2.24. The number of nitro groups is 1. The Kier molecular flexibility index (Phi) is 5.23. The number of anilines is 1. The maximum atomic E-state index is 11.6. The van der Waals surface area contributed by atoms with Crippen LogP contribution in [0.25, 0.3) is 0 Å². The number of sulfone groups is 1. The van der Waals surface area contributed by atoms with Crippen molar-refractivity contribution in [2.24, 2.45) is 5.92 Å². The summed E-state index contributed by atoms with van der Waals surface area (Å²) < 4.78 is 23.3. The van der Waals surface area contributed by atoms with Crippen molar-refractivity contribution in [2.45, 2.75) is 24.8 Å². The molecule has 0 aliphatic carbocycles. The summed E-state index contributed by atoms with van der Waals surface area (Å²) >= 11 is 0. The Morgan fingerprint density at radius 1 is 1.08 bits per heavy atom. The molecular formula is C17H20N2O4S. The van der Waals surface area contributed by atoms with E-state index in [1.165, 1.54) is 12.1 Å². The van der Waals surface area contributed by atoms with Crippen LogP contribution in [0.1, 0.15) is 25.5 Å². The summed E-state index contributed by atoms with van der Waals surface area (Å²) in [4.78, 5) is 10.7. The number of nitro benzene ring substituents is 1. The van der Waals surface area contributed by atoms with E-state index in [-0.39, 0.29) is 22.5 Å². The van der Waals surface area contributed by atoms with Crippen LogP contribution in [-0.4, -0.2) is 19.6 Å². The minimum atomic E-state index is -3.50. The van der Waals surface area contributed by atoms with Crippen LogP contribution in [0.15, 0.2) is 53.4 Å². The third kappa shape index (κ3) is 4.11. The van der Waals surface area contributed by atoms with Crippen molar-refractivity contribution >= 4 is 21.2 Å². The summed E-state index contributed by atoms with van der Waals surface area (Å²) in [6, 6.07) is 13.4. The molecule has 0 aliphatic rings. The average molecular weight is 348 g/mol. The first-order chi connectivity index (χ1) is 11.2. The lowest BCUT2D eigenvalue weighted by molar-refractivity contribution is -0.384. The molecule has 0 amide bonds. The van der Waals surface area contributed by atoms with E-state index < -0.39 is 14.8 Å². The number of nitrogens with zero attached hydrogens (tertiary/aromatic N) is 1. The molecule has 2 rings (SSSR count). The summed E-state index contributed by atoms with van der Waals surface area (Å²) in [6.07, 6.45) is 1.03. The van der Waals surface area contributed by atoms with E-state index in [9.17, 15) is 18.5 Å². The quantitative estimate of drug-likeness (QED) is 0.633. The first-order valence-corrected chi connectivity index (χ1v) is 9.39. The number of hydrogen-bond acceptors (Lipinski definition) is 5. The van der Waals surface area contributed by atoms with Crippen molar-refractivity contribution in [1.82, 2.24) is 0 Å². The molecule has 1 unspecified atom stereocenters. The highest BCUT2D eigenvalue weighted by atomic mass is 32.2. The van der Waals surface area contributed by atoms with Crippen LogP contribution in [0, 0.1) is 16.0 Å². The number of benzene rings is 2. The van der Waals surface area contributed by atoms with Crippen molar-refractivity contribution in [2.75, 3.05) is 11.6 Å². The molecule has 128 valence electrons. The fraction of sp³-hybridized carbons (Fsp3) is 0.294. The Labute approximate surface area is 141 Å². The van der Waals surface area contributed by atoms with Crippen molar-refractivity contribution in [1.29, 1.82) is 0 Å². The van der Waals surface area contributed by atoms with Crippen LogP contribution in [0.5, 0.6) is 0 Å². The van der Waals surface area contributed by atoms with E-state index in [0.29, 0.717) is 5.69 Å². The van der Waals surface area contributed by atoms with E-state index in [4.69, 9.17) is 0 Å². The molecule has 2 aromatic rings. The SMILES string of the molecule is CC(C)C(Nc1ccc(S(C)(=O)=O)cc1[N+](=O)[O-])c1ccccc1. The van der Waals surface area contributed by atoms with Crippen LogP contribution >= 0.6 is 0 Å². The summed E-state index contributed by atoms with van der Waals surface area (Å²) in [5.41, 5.74) is 1.06. The molecule has 0 heterocycles. The highest BCUT2D eigenvalue weighted by Gasteiger charge is 2.23. The zero-order valence-electron chi connectivity index (χ0n) is 13.8. The molecule has 2 aromatic carbocycles. The lowest BCUT2D eigenvalue weighted by Crippen LogP contribution is -2.17. The molecule has 0 spiro atoms. The first kappa shape index (κ1) is 17.9. The summed E-state index contributed by atoms with van der Waals surface area (Å²) in [5, 5.41) is 14.5. The Morgan fingerprint density at radius 3 is 2.21 bits per heavy atom. The molecule has 0 saturated heterocycles. The zero-order chi connectivity index (χ0) is 17.9. The van der Waals surface area contributed by atoms with Crippen LogP contribution in [-0.2, 0) is 9.84 Å². The molecule has 6 nitrogen and oxygen atoms in total. The second kappa shape index (κ2) is 7.00. The molecule has 0 radical (unpaired) electrons. The molecule has 24 heavy (non-hydrogen) atoms. The zero-order valence-corrected chi connectivity index (χ0v) is 14.6. The van der Waals surface area contributed by atoms with Crippen LogP contribution in [0.3, 0.4) is 0 Å². The van der Waals surface area contributed by atoms with E-state index >= 15 is 0 Å². The van der Waals surface area contributed by atoms with E-state index in [0.717, 1.165) is 17.9 Å². The van der Waals surface area contributed by atoms with Crippen molar-refractivity contribution in [3.8, 4) is 0 Å². The molecule has 1 N–H and O–H groups in total. The Balaban J connectivity index is 2.45. The fourth-order valence-corrected chi connectivity index (χ4v) is 3.12. The molecular weight excluding hydrogens is 328 g/mol. The first-order valence-electron chi connectivity index (χ1n) is 7.50. The molecule has 0 saturated carbocycles. The van der Waals surface area contributed by atoms with Gasteiger partial charge in [0.1, 0.15) is 5.69 Å². The van der Waals surface area contributed by atoms with Crippen molar-refractivity contribution in [3.05, 3.63) is 64.2 Å². The van der Waals surface area contributed by atoms with E-state index in [2.05, 4.69) is 5.32 Å². The Morgan fingerprint density at radius 2 is 1.71 bits per heavy atom. The second-order valence-corrected chi connectivity index (χ2v) is 8.00. The third-order valence-corrected chi connectivity index (χ3v) is 4.84. The van der Waals surface area contributed by atoms with E-state index in [1.807, 2.05) is 44.2 Å². The van der Waals surface area contributed by atoms with Crippen LogP contribution in [0.4, 0.5) is 11.4 Å². The predicted molar refractivity (Wildman–Crippen MR) is 93.8 cm³/mol. The van der Waals surface area contributed by atoms with Gasteiger partial charge in [-0.05, 0) is 23.6 Å². The van der Waals surface area contributed by atoms with Gasteiger partial charge < -0.3 is 5.32 Å². The van der Waals surface area contributed by atoms with Gasteiger partial charge in [-0.25, -0.2) is 8.42 Å². The Hall–Kier alpha value is -2.41. The van der Waals surface area contributed by atoms with Gasteiger partial charge in [-0.1, -0.05) is 44.2 Å². The van der Waals surface area contributed by atoms with Gasteiger partial charge in [-0.15, -0.1) is 0 Å². The highest BCUT2D eigenvalue weighted by Crippen LogP contribution is 2.33. The minimum Gasteiger partial charge on any atom is -0.372 e. The van der Waals surface area contributed by atoms with Gasteiger partial charge in [-0.2, -0.15) is 0 Å². The maximum Gasteiger partial charge on any atom is 0.293 e. The topological polar surface area (TPSA) is 89.3 Å². The van der Waals surface area contributed by atoms with Crippen molar-refractivity contribution in [3.63, 3.8) is 0 Å². The monoisotopic (exact) mass is 348 g/mol. The molecule has 0 bridgehead atoms. The minimum absolute atomic E-state index is 0.0689. The summed E-state index contributed by atoms with van der Waals surface area (Å²) in [5.74, 6) is 0.182.